The fraction of sp³-hybridized carbons (Fsp3) is 0.214. The Bertz CT molecular complexity index is 1600. The summed E-state index contributed by atoms with van der Waals surface area (Å²) in [5.74, 6) is 0.751. The minimum atomic E-state index is 0.0259. The Balaban J connectivity index is 1.63. The Kier molecular flexibility index (Phi) is 6.07. The van der Waals surface area contributed by atoms with Crippen LogP contribution in [0.25, 0.3) is 28.8 Å². The highest BCUT2D eigenvalue weighted by Crippen LogP contribution is 2.32. The summed E-state index contributed by atoms with van der Waals surface area (Å²) in [6.07, 6.45) is 10.2. The number of benzene rings is 2. The number of para-hydroxylation sites is 3. The van der Waals surface area contributed by atoms with E-state index in [4.69, 9.17) is 4.42 Å². The Morgan fingerprint density at radius 2 is 1.79 bits per heavy atom. The van der Waals surface area contributed by atoms with Gasteiger partial charge in [-0.1, -0.05) is 36.4 Å². The highest BCUT2D eigenvalue weighted by molar-refractivity contribution is 7.07. The summed E-state index contributed by atoms with van der Waals surface area (Å²) >= 11 is 1.50. The lowest BCUT2D eigenvalue weighted by molar-refractivity contribution is -0.674. The number of oxazole rings is 1. The third-order valence-electron chi connectivity index (χ3n) is 6.17. The van der Waals surface area contributed by atoms with Gasteiger partial charge in [-0.05, 0) is 50.6 Å². The molecule has 172 valence electrons. The summed E-state index contributed by atoms with van der Waals surface area (Å²) in [7, 11) is 0. The van der Waals surface area contributed by atoms with Crippen molar-refractivity contribution in [2.45, 2.75) is 33.9 Å². The standard InChI is InChI=1S/C28H28N3O2S/c1-4-29-18-17-20(21-11-7-8-12-22(21)29)15-16-25-28(32)31(6-3)27(34-25)19-26-30(5-2)23-13-9-10-14-24(23)33-26/h7-19H,4-6H2,1-3H3/q+1/b20-15+,25-16?. The quantitative estimate of drug-likeness (QED) is 0.414. The second kappa shape index (κ2) is 9.31. The van der Waals surface area contributed by atoms with Crippen LogP contribution in [0.2, 0.25) is 0 Å². The zero-order valence-electron chi connectivity index (χ0n) is 19.7. The number of fused-ring (bicyclic) bond motifs is 2. The Labute approximate surface area is 202 Å². The highest BCUT2D eigenvalue weighted by Gasteiger charge is 2.19. The van der Waals surface area contributed by atoms with Gasteiger partial charge in [-0.2, -0.15) is 4.57 Å². The molecule has 34 heavy (non-hydrogen) atoms. The number of nitrogens with zero attached hydrogens (tertiary/aromatic N) is 3. The molecule has 0 amide bonds. The van der Waals surface area contributed by atoms with E-state index in [1.165, 1.54) is 22.6 Å². The molecular weight excluding hydrogens is 442 g/mol. The molecule has 0 unspecified atom stereocenters. The van der Waals surface area contributed by atoms with Crippen LogP contribution in [0.15, 0.2) is 76.1 Å². The highest BCUT2D eigenvalue weighted by atomic mass is 32.1. The van der Waals surface area contributed by atoms with E-state index in [9.17, 15) is 4.79 Å². The van der Waals surface area contributed by atoms with Crippen molar-refractivity contribution in [1.82, 2.24) is 4.57 Å². The molecule has 4 aromatic rings. The van der Waals surface area contributed by atoms with Gasteiger partial charge in [0.2, 0.25) is 5.58 Å². The number of aromatic nitrogens is 2. The molecule has 1 aliphatic rings. The fourth-order valence-electron chi connectivity index (χ4n) is 4.44. The van der Waals surface area contributed by atoms with Crippen molar-refractivity contribution < 1.29 is 8.98 Å². The van der Waals surface area contributed by atoms with Crippen LogP contribution in [0.5, 0.6) is 0 Å². The van der Waals surface area contributed by atoms with Crippen LogP contribution in [-0.2, 0) is 13.1 Å². The van der Waals surface area contributed by atoms with E-state index in [0.717, 1.165) is 40.3 Å². The first-order chi connectivity index (χ1) is 16.6. The van der Waals surface area contributed by atoms with Crippen molar-refractivity contribution in [3.05, 3.63) is 97.9 Å². The van der Waals surface area contributed by atoms with E-state index < -0.39 is 0 Å². The molecule has 0 atom stereocenters. The third kappa shape index (κ3) is 3.84. The number of thiazole rings is 1. The normalized spacial score (nSPS) is 15.6. The molecule has 0 N–H and O–H groups in total. The molecule has 0 bridgehead atoms. The molecule has 0 saturated carbocycles. The topological polar surface area (TPSA) is 42.3 Å². The predicted molar refractivity (Wildman–Crippen MR) is 140 cm³/mol. The summed E-state index contributed by atoms with van der Waals surface area (Å²) in [6, 6.07) is 16.4. The smallest absolute Gasteiger partial charge is 0.377 e. The Hall–Kier alpha value is -3.64. The van der Waals surface area contributed by atoms with Crippen molar-refractivity contribution in [2.75, 3.05) is 11.4 Å². The second-order valence-electron chi connectivity index (χ2n) is 8.06. The number of anilines is 1. The molecule has 0 spiro atoms. The second-order valence-corrected chi connectivity index (χ2v) is 9.12. The lowest BCUT2D eigenvalue weighted by Crippen LogP contribution is -2.35. The lowest BCUT2D eigenvalue weighted by atomic mass is 9.99. The van der Waals surface area contributed by atoms with E-state index in [0.29, 0.717) is 11.1 Å². The number of hydrogen-bond acceptors (Lipinski definition) is 4. The number of rotatable bonds is 5. The van der Waals surface area contributed by atoms with Gasteiger partial charge in [-0.15, -0.1) is 11.3 Å². The van der Waals surface area contributed by atoms with Gasteiger partial charge in [0.15, 0.2) is 0 Å². The molecule has 0 fully saturated rings. The molecule has 0 saturated heterocycles. The van der Waals surface area contributed by atoms with Gasteiger partial charge in [0.1, 0.15) is 11.2 Å². The van der Waals surface area contributed by atoms with Gasteiger partial charge >= 0.3 is 5.89 Å². The maximum atomic E-state index is 13.2. The van der Waals surface area contributed by atoms with Crippen LogP contribution < -0.4 is 24.2 Å². The predicted octanol–water partition coefficient (Wildman–Crippen LogP) is 4.03. The van der Waals surface area contributed by atoms with E-state index in [1.54, 1.807) is 0 Å². The number of aryl methyl sites for hydroxylation is 1. The van der Waals surface area contributed by atoms with E-state index in [-0.39, 0.29) is 5.56 Å². The molecule has 3 heterocycles. The van der Waals surface area contributed by atoms with Crippen molar-refractivity contribution in [3.8, 4) is 0 Å². The van der Waals surface area contributed by atoms with Gasteiger partial charge < -0.3 is 9.32 Å². The molecule has 0 radical (unpaired) electrons. The Morgan fingerprint density at radius 1 is 1.00 bits per heavy atom. The summed E-state index contributed by atoms with van der Waals surface area (Å²) in [5, 5.41) is 0. The fourth-order valence-corrected chi connectivity index (χ4v) is 5.48. The van der Waals surface area contributed by atoms with E-state index >= 15 is 0 Å². The van der Waals surface area contributed by atoms with Gasteiger partial charge in [0.05, 0.1) is 10.6 Å². The van der Waals surface area contributed by atoms with Crippen LogP contribution in [0.1, 0.15) is 32.2 Å². The molecular formula is C28H28N3O2S+. The number of allylic oxidation sites excluding steroid dienone is 3. The average molecular weight is 471 g/mol. The molecule has 6 heteroatoms. The largest absolute Gasteiger partial charge is 0.398 e. The average Bonchev–Trinajstić information content (AvgIpc) is 3.38. The summed E-state index contributed by atoms with van der Waals surface area (Å²) < 4.78 is 11.7. The molecule has 5 rings (SSSR count). The molecule has 5 nitrogen and oxygen atoms in total. The van der Waals surface area contributed by atoms with Gasteiger partial charge in [0.25, 0.3) is 11.1 Å². The maximum Gasteiger partial charge on any atom is 0.377 e. The summed E-state index contributed by atoms with van der Waals surface area (Å²) in [5.41, 5.74) is 5.39. The summed E-state index contributed by atoms with van der Waals surface area (Å²) in [4.78, 5) is 15.4. The van der Waals surface area contributed by atoms with Gasteiger partial charge in [0, 0.05) is 36.6 Å². The van der Waals surface area contributed by atoms with Crippen molar-refractivity contribution in [2.24, 2.45) is 0 Å². The molecule has 1 aliphatic heterocycles. The first-order valence-corrected chi connectivity index (χ1v) is 12.5. The molecule has 2 aromatic heterocycles. The van der Waals surface area contributed by atoms with Crippen molar-refractivity contribution in [1.29, 1.82) is 0 Å². The zero-order chi connectivity index (χ0) is 23.7. The zero-order valence-corrected chi connectivity index (χ0v) is 20.5. The first kappa shape index (κ1) is 22.2. The SMILES string of the molecule is CCN1C=C/C(=C\C=c2sc(=Cc3oc4ccccc4[n+]3CC)n(CC)c2=O)c2ccccc21. The Morgan fingerprint density at radius 3 is 2.59 bits per heavy atom. The molecule has 2 aromatic carbocycles. The van der Waals surface area contributed by atoms with Crippen LogP contribution in [0.4, 0.5) is 5.69 Å². The summed E-state index contributed by atoms with van der Waals surface area (Å²) in [6.45, 7) is 8.54. The van der Waals surface area contributed by atoms with Crippen molar-refractivity contribution in [3.63, 3.8) is 0 Å². The van der Waals surface area contributed by atoms with E-state index in [2.05, 4.69) is 65.9 Å². The van der Waals surface area contributed by atoms with Gasteiger partial charge in [-0.25, -0.2) is 0 Å². The van der Waals surface area contributed by atoms with Crippen LogP contribution in [0, 0.1) is 0 Å². The van der Waals surface area contributed by atoms with Crippen molar-refractivity contribution >= 4 is 45.8 Å². The number of hydrogen-bond donors (Lipinski definition) is 0. The van der Waals surface area contributed by atoms with Crippen LogP contribution in [-0.4, -0.2) is 11.1 Å². The minimum Gasteiger partial charge on any atom is -0.398 e. The van der Waals surface area contributed by atoms with Crippen LogP contribution >= 0.6 is 11.3 Å². The minimum absolute atomic E-state index is 0.0259. The third-order valence-corrected chi connectivity index (χ3v) is 7.24. The first-order valence-electron chi connectivity index (χ1n) is 11.7. The molecule has 0 aliphatic carbocycles. The lowest BCUT2D eigenvalue weighted by Gasteiger charge is -2.26. The van der Waals surface area contributed by atoms with E-state index in [1.807, 2.05) is 47.9 Å². The van der Waals surface area contributed by atoms with Gasteiger partial charge in [-0.3, -0.25) is 9.36 Å². The maximum absolute atomic E-state index is 13.2. The monoisotopic (exact) mass is 470 g/mol. The van der Waals surface area contributed by atoms with Crippen LogP contribution in [0.3, 0.4) is 0 Å².